The standard InChI is InChI=1S/C7H12O4S2/c1-10-7-5(9)4(8)6-3(11-7)2-12-13-6/h3-9H,2H2,1H3/t3-,4-,5-,6+,7+/m1/s1. The van der Waals surface area contributed by atoms with E-state index in [-0.39, 0.29) is 11.4 Å². The maximum atomic E-state index is 9.71. The van der Waals surface area contributed by atoms with Crippen LogP contribution in [0.5, 0.6) is 0 Å². The predicted molar refractivity (Wildman–Crippen MR) is 51.5 cm³/mol. The summed E-state index contributed by atoms with van der Waals surface area (Å²) in [6.45, 7) is 0. The summed E-state index contributed by atoms with van der Waals surface area (Å²) in [5, 5.41) is 19.2. The SMILES string of the molecule is CO[C@H]1O[C@@H]2CSS[C@@H]2[C@H](O)[C@H]1O. The second kappa shape index (κ2) is 3.96. The third kappa shape index (κ3) is 1.71. The molecule has 5 atom stereocenters. The van der Waals surface area contributed by atoms with Gasteiger partial charge in [0.1, 0.15) is 12.2 Å². The normalized spacial score (nSPS) is 50.5. The molecule has 2 aliphatic heterocycles. The zero-order chi connectivity index (χ0) is 9.42. The van der Waals surface area contributed by atoms with E-state index in [1.807, 2.05) is 0 Å². The molecule has 0 unspecified atom stereocenters. The summed E-state index contributed by atoms with van der Waals surface area (Å²) in [7, 11) is 4.71. The predicted octanol–water partition coefficient (Wildman–Crippen LogP) is -0.157. The van der Waals surface area contributed by atoms with Crippen molar-refractivity contribution < 1.29 is 19.7 Å². The quantitative estimate of drug-likeness (QED) is 0.604. The van der Waals surface area contributed by atoms with Crippen LogP contribution >= 0.6 is 21.6 Å². The van der Waals surface area contributed by atoms with Gasteiger partial charge >= 0.3 is 0 Å². The number of hydrogen-bond donors (Lipinski definition) is 2. The van der Waals surface area contributed by atoms with E-state index < -0.39 is 18.5 Å². The molecule has 2 fully saturated rings. The fourth-order valence-corrected chi connectivity index (χ4v) is 4.70. The highest BCUT2D eigenvalue weighted by atomic mass is 33.1. The molecule has 6 heteroatoms. The first kappa shape index (κ1) is 10.1. The maximum Gasteiger partial charge on any atom is 0.186 e. The number of methoxy groups -OCH3 is 1. The Bertz CT molecular complexity index is 191. The fraction of sp³-hybridized carbons (Fsp3) is 1.00. The molecule has 0 aromatic carbocycles. The van der Waals surface area contributed by atoms with Crippen LogP contribution in [0.4, 0.5) is 0 Å². The van der Waals surface area contributed by atoms with Crippen molar-refractivity contribution in [3.63, 3.8) is 0 Å². The van der Waals surface area contributed by atoms with Crippen LogP contribution in [0.1, 0.15) is 0 Å². The van der Waals surface area contributed by atoms with Crippen molar-refractivity contribution in [1.29, 1.82) is 0 Å². The first-order valence-corrected chi connectivity index (χ1v) is 6.45. The molecule has 13 heavy (non-hydrogen) atoms. The van der Waals surface area contributed by atoms with Crippen molar-refractivity contribution in [2.45, 2.75) is 29.9 Å². The van der Waals surface area contributed by atoms with Crippen molar-refractivity contribution in [3.05, 3.63) is 0 Å². The molecule has 0 amide bonds. The van der Waals surface area contributed by atoms with Gasteiger partial charge < -0.3 is 19.7 Å². The average molecular weight is 224 g/mol. The van der Waals surface area contributed by atoms with Crippen LogP contribution in [0.2, 0.25) is 0 Å². The highest BCUT2D eigenvalue weighted by molar-refractivity contribution is 8.77. The summed E-state index contributed by atoms with van der Waals surface area (Å²) in [4.78, 5) is 0. The van der Waals surface area contributed by atoms with Crippen molar-refractivity contribution in [2.75, 3.05) is 12.9 Å². The Morgan fingerprint density at radius 2 is 2.15 bits per heavy atom. The van der Waals surface area contributed by atoms with Gasteiger partial charge in [0.05, 0.1) is 11.4 Å². The zero-order valence-corrected chi connectivity index (χ0v) is 8.75. The molecule has 0 aliphatic carbocycles. The second-order valence-corrected chi connectivity index (χ2v) is 5.70. The van der Waals surface area contributed by atoms with Crippen LogP contribution in [0.15, 0.2) is 0 Å². The summed E-state index contributed by atoms with van der Waals surface area (Å²) >= 11 is 0. The molecular weight excluding hydrogens is 212 g/mol. The van der Waals surface area contributed by atoms with Gasteiger partial charge in [0.2, 0.25) is 0 Å². The molecule has 0 spiro atoms. The van der Waals surface area contributed by atoms with Crippen LogP contribution in [0.3, 0.4) is 0 Å². The lowest BCUT2D eigenvalue weighted by molar-refractivity contribution is -0.249. The molecule has 0 saturated carbocycles. The minimum Gasteiger partial charge on any atom is -0.389 e. The summed E-state index contributed by atoms with van der Waals surface area (Å²) in [6, 6.07) is 0. The van der Waals surface area contributed by atoms with E-state index in [0.717, 1.165) is 5.75 Å². The van der Waals surface area contributed by atoms with Crippen molar-refractivity contribution in [1.82, 2.24) is 0 Å². The molecule has 2 saturated heterocycles. The lowest BCUT2D eigenvalue weighted by Gasteiger charge is -2.37. The number of fused-ring (bicyclic) bond motifs is 1. The van der Waals surface area contributed by atoms with Crippen molar-refractivity contribution in [3.8, 4) is 0 Å². The maximum absolute atomic E-state index is 9.71. The minimum atomic E-state index is -0.933. The topological polar surface area (TPSA) is 58.9 Å². The van der Waals surface area contributed by atoms with Crippen molar-refractivity contribution >= 4 is 21.6 Å². The van der Waals surface area contributed by atoms with Gasteiger partial charge in [-0.2, -0.15) is 0 Å². The van der Waals surface area contributed by atoms with E-state index in [0.29, 0.717) is 0 Å². The molecule has 0 radical (unpaired) electrons. The number of ether oxygens (including phenoxy) is 2. The van der Waals surface area contributed by atoms with Crippen molar-refractivity contribution in [2.24, 2.45) is 0 Å². The summed E-state index contributed by atoms with van der Waals surface area (Å²) in [5.74, 6) is 0.846. The highest BCUT2D eigenvalue weighted by Crippen LogP contribution is 2.44. The van der Waals surface area contributed by atoms with Gasteiger partial charge in [0.25, 0.3) is 0 Å². The van der Waals surface area contributed by atoms with E-state index in [2.05, 4.69) is 0 Å². The van der Waals surface area contributed by atoms with Crippen LogP contribution in [0.25, 0.3) is 0 Å². The monoisotopic (exact) mass is 224 g/mol. The number of aliphatic hydroxyl groups is 2. The third-order valence-electron chi connectivity index (χ3n) is 2.28. The Labute approximate surface area is 84.4 Å². The Morgan fingerprint density at radius 1 is 1.38 bits per heavy atom. The van der Waals surface area contributed by atoms with Gasteiger partial charge in [-0.25, -0.2) is 0 Å². The molecule has 2 heterocycles. The van der Waals surface area contributed by atoms with Gasteiger partial charge in [-0.05, 0) is 0 Å². The molecule has 2 aliphatic rings. The Balaban J connectivity index is 2.08. The highest BCUT2D eigenvalue weighted by Gasteiger charge is 2.47. The lowest BCUT2D eigenvalue weighted by atomic mass is 10.0. The third-order valence-corrected chi connectivity index (χ3v) is 5.17. The summed E-state index contributed by atoms with van der Waals surface area (Å²) < 4.78 is 10.4. The van der Waals surface area contributed by atoms with Crippen LogP contribution < -0.4 is 0 Å². The van der Waals surface area contributed by atoms with E-state index in [1.54, 1.807) is 21.6 Å². The fourth-order valence-electron chi connectivity index (χ4n) is 1.54. The van der Waals surface area contributed by atoms with Crippen LogP contribution in [0, 0.1) is 0 Å². The van der Waals surface area contributed by atoms with Gasteiger partial charge in [-0.15, -0.1) is 0 Å². The average Bonchev–Trinajstić information content (AvgIpc) is 2.59. The molecule has 4 nitrogen and oxygen atoms in total. The molecule has 0 aromatic rings. The Morgan fingerprint density at radius 3 is 2.85 bits per heavy atom. The lowest BCUT2D eigenvalue weighted by Crippen LogP contribution is -2.55. The Kier molecular flexibility index (Phi) is 3.07. The smallest absolute Gasteiger partial charge is 0.186 e. The molecule has 2 N–H and O–H groups in total. The molecule has 2 rings (SSSR count). The number of aliphatic hydroxyl groups excluding tert-OH is 2. The Hall–Kier alpha value is 0.540. The molecular formula is C7H12O4S2. The first-order valence-electron chi connectivity index (χ1n) is 4.06. The number of hydrogen-bond acceptors (Lipinski definition) is 6. The van der Waals surface area contributed by atoms with E-state index in [9.17, 15) is 10.2 Å². The van der Waals surface area contributed by atoms with Crippen LogP contribution in [-0.4, -0.2) is 52.9 Å². The van der Waals surface area contributed by atoms with E-state index in [4.69, 9.17) is 9.47 Å². The first-order chi connectivity index (χ1) is 6.24. The number of rotatable bonds is 1. The van der Waals surface area contributed by atoms with Gasteiger partial charge in [-0.1, -0.05) is 21.6 Å². The second-order valence-electron chi connectivity index (χ2n) is 3.11. The molecule has 76 valence electrons. The molecule has 0 bridgehead atoms. The van der Waals surface area contributed by atoms with E-state index in [1.165, 1.54) is 7.11 Å². The molecule has 0 aromatic heterocycles. The summed E-state index contributed by atoms with van der Waals surface area (Å²) in [6.07, 6.45) is -2.37. The van der Waals surface area contributed by atoms with Crippen LogP contribution in [-0.2, 0) is 9.47 Å². The summed E-state index contributed by atoms with van der Waals surface area (Å²) in [5.41, 5.74) is 0. The van der Waals surface area contributed by atoms with Gasteiger partial charge in [-0.3, -0.25) is 0 Å². The minimum absolute atomic E-state index is 0.00153. The van der Waals surface area contributed by atoms with Gasteiger partial charge in [0.15, 0.2) is 6.29 Å². The van der Waals surface area contributed by atoms with E-state index >= 15 is 0 Å². The zero-order valence-electron chi connectivity index (χ0n) is 7.12. The van der Waals surface area contributed by atoms with Gasteiger partial charge in [0, 0.05) is 12.9 Å². The largest absolute Gasteiger partial charge is 0.389 e.